The van der Waals surface area contributed by atoms with Gasteiger partial charge in [0.15, 0.2) is 0 Å². The highest BCUT2D eigenvalue weighted by Crippen LogP contribution is 2.42. The highest BCUT2D eigenvalue weighted by Gasteiger charge is 2.52. The predicted octanol–water partition coefficient (Wildman–Crippen LogP) is 1.83. The monoisotopic (exact) mass is 264 g/mol. The summed E-state index contributed by atoms with van der Waals surface area (Å²) in [6.07, 6.45) is 6.30. The molecule has 3 fully saturated rings. The van der Waals surface area contributed by atoms with Gasteiger partial charge >= 0.3 is 0 Å². The fraction of sp³-hybridized carbons (Fsp3) is 0.867. The molecule has 19 heavy (non-hydrogen) atoms. The quantitative estimate of drug-likeness (QED) is 0.791. The standard InChI is InChI=1S/C15H24N2O2/c1-3-15(4-2)9-13(18)17(14(15)19)12-7-10-5-6-11(8-12)16-10/h10-12,16H,3-9H2,1-2H3. The van der Waals surface area contributed by atoms with Crippen LogP contribution in [-0.2, 0) is 9.59 Å². The molecule has 3 aliphatic heterocycles. The van der Waals surface area contributed by atoms with Crippen molar-refractivity contribution in [2.45, 2.75) is 76.9 Å². The lowest BCUT2D eigenvalue weighted by Gasteiger charge is -2.35. The summed E-state index contributed by atoms with van der Waals surface area (Å²) in [5, 5.41) is 3.57. The average Bonchev–Trinajstić information content (AvgIpc) is 2.87. The zero-order valence-corrected chi connectivity index (χ0v) is 11.9. The molecule has 0 spiro atoms. The van der Waals surface area contributed by atoms with Crippen molar-refractivity contribution in [3.05, 3.63) is 0 Å². The summed E-state index contributed by atoms with van der Waals surface area (Å²) in [5.74, 6) is 0.175. The molecule has 2 bridgehead atoms. The third-order valence-corrected chi connectivity index (χ3v) is 5.60. The van der Waals surface area contributed by atoms with Gasteiger partial charge in [-0.15, -0.1) is 0 Å². The summed E-state index contributed by atoms with van der Waals surface area (Å²) < 4.78 is 0. The molecule has 3 aliphatic rings. The van der Waals surface area contributed by atoms with E-state index >= 15 is 0 Å². The van der Waals surface area contributed by atoms with Crippen molar-refractivity contribution in [1.29, 1.82) is 0 Å². The van der Waals surface area contributed by atoms with Gasteiger partial charge in [-0.05, 0) is 38.5 Å². The summed E-state index contributed by atoms with van der Waals surface area (Å²) in [6, 6.07) is 1.18. The summed E-state index contributed by atoms with van der Waals surface area (Å²) in [4.78, 5) is 26.7. The van der Waals surface area contributed by atoms with Crippen molar-refractivity contribution in [2.24, 2.45) is 5.41 Å². The molecule has 0 saturated carbocycles. The van der Waals surface area contributed by atoms with E-state index < -0.39 is 5.41 Å². The molecular weight excluding hydrogens is 240 g/mol. The Kier molecular flexibility index (Phi) is 3.16. The van der Waals surface area contributed by atoms with Gasteiger partial charge in [0.2, 0.25) is 11.8 Å². The number of piperidine rings is 1. The van der Waals surface area contributed by atoms with E-state index in [1.54, 1.807) is 4.90 Å². The number of carbonyl (C=O) groups excluding carboxylic acids is 2. The van der Waals surface area contributed by atoms with E-state index in [-0.39, 0.29) is 17.9 Å². The van der Waals surface area contributed by atoms with Crippen LogP contribution in [0, 0.1) is 5.41 Å². The minimum absolute atomic E-state index is 0.0694. The Hall–Kier alpha value is -0.900. The van der Waals surface area contributed by atoms with Crippen LogP contribution in [0.5, 0.6) is 0 Å². The van der Waals surface area contributed by atoms with Crippen LogP contribution >= 0.6 is 0 Å². The first-order valence-electron chi connectivity index (χ1n) is 7.72. The van der Waals surface area contributed by atoms with Crippen LogP contribution in [0.1, 0.15) is 58.8 Å². The first kappa shape index (κ1) is 13.1. The number of nitrogens with zero attached hydrogens (tertiary/aromatic N) is 1. The van der Waals surface area contributed by atoms with Crippen molar-refractivity contribution in [3.8, 4) is 0 Å². The fourth-order valence-corrected chi connectivity index (χ4v) is 4.23. The molecule has 2 amide bonds. The number of hydrogen-bond acceptors (Lipinski definition) is 3. The van der Waals surface area contributed by atoms with Crippen LogP contribution in [0.15, 0.2) is 0 Å². The van der Waals surface area contributed by atoms with Gasteiger partial charge in [-0.1, -0.05) is 13.8 Å². The molecule has 0 radical (unpaired) electrons. The lowest BCUT2D eigenvalue weighted by molar-refractivity contribution is -0.145. The molecule has 0 aliphatic carbocycles. The molecule has 3 rings (SSSR count). The van der Waals surface area contributed by atoms with Gasteiger partial charge in [0.1, 0.15) is 0 Å². The second-order valence-electron chi connectivity index (χ2n) is 6.50. The first-order chi connectivity index (χ1) is 9.09. The molecule has 0 aromatic carbocycles. The fourth-order valence-electron chi connectivity index (χ4n) is 4.23. The highest BCUT2D eigenvalue weighted by molar-refractivity contribution is 6.06. The van der Waals surface area contributed by atoms with Crippen LogP contribution in [0.25, 0.3) is 0 Å². The minimum atomic E-state index is -0.402. The van der Waals surface area contributed by atoms with Gasteiger partial charge < -0.3 is 5.32 Å². The number of nitrogens with one attached hydrogen (secondary N) is 1. The van der Waals surface area contributed by atoms with Gasteiger partial charge in [0, 0.05) is 24.5 Å². The van der Waals surface area contributed by atoms with Gasteiger partial charge in [-0.3, -0.25) is 14.5 Å². The third kappa shape index (κ3) is 1.92. The van der Waals surface area contributed by atoms with Gasteiger partial charge in [-0.2, -0.15) is 0 Å². The maximum absolute atomic E-state index is 12.7. The van der Waals surface area contributed by atoms with E-state index in [2.05, 4.69) is 5.32 Å². The number of imide groups is 1. The molecular formula is C15H24N2O2. The minimum Gasteiger partial charge on any atom is -0.311 e. The van der Waals surface area contributed by atoms with Crippen LogP contribution in [-0.4, -0.2) is 34.8 Å². The van der Waals surface area contributed by atoms with Gasteiger partial charge in [-0.25, -0.2) is 0 Å². The Labute approximate surface area is 114 Å². The zero-order chi connectivity index (χ0) is 13.6. The van der Waals surface area contributed by atoms with Crippen molar-refractivity contribution >= 4 is 11.8 Å². The molecule has 2 atom stereocenters. The lowest BCUT2D eigenvalue weighted by Crippen LogP contribution is -2.51. The van der Waals surface area contributed by atoms with E-state index in [0.717, 1.165) is 25.7 Å². The van der Waals surface area contributed by atoms with E-state index in [9.17, 15) is 9.59 Å². The summed E-state index contributed by atoms with van der Waals surface area (Å²) >= 11 is 0. The maximum Gasteiger partial charge on any atom is 0.236 e. The molecule has 3 saturated heterocycles. The topological polar surface area (TPSA) is 49.4 Å². The summed E-state index contributed by atoms with van der Waals surface area (Å²) in [6.45, 7) is 4.06. The van der Waals surface area contributed by atoms with E-state index in [0.29, 0.717) is 18.5 Å². The average molecular weight is 264 g/mol. The molecule has 106 valence electrons. The molecule has 3 heterocycles. The normalized spacial score (nSPS) is 37.2. The largest absolute Gasteiger partial charge is 0.311 e. The third-order valence-electron chi connectivity index (χ3n) is 5.60. The SMILES string of the molecule is CCC1(CC)CC(=O)N(C2CC3CCC(C2)N3)C1=O. The molecule has 4 heteroatoms. The second-order valence-corrected chi connectivity index (χ2v) is 6.50. The Morgan fingerprint density at radius 1 is 1.16 bits per heavy atom. The number of likely N-dealkylation sites (tertiary alicyclic amines) is 1. The van der Waals surface area contributed by atoms with Crippen LogP contribution in [0.2, 0.25) is 0 Å². The summed E-state index contributed by atoms with van der Waals surface area (Å²) in [7, 11) is 0. The number of amides is 2. The Bertz CT molecular complexity index is 391. The van der Waals surface area contributed by atoms with E-state index in [1.807, 2.05) is 13.8 Å². The van der Waals surface area contributed by atoms with Crippen molar-refractivity contribution in [2.75, 3.05) is 0 Å². The smallest absolute Gasteiger partial charge is 0.236 e. The highest BCUT2D eigenvalue weighted by atomic mass is 16.2. The first-order valence-corrected chi connectivity index (χ1v) is 7.72. The Morgan fingerprint density at radius 2 is 1.74 bits per heavy atom. The van der Waals surface area contributed by atoms with E-state index in [1.165, 1.54) is 12.8 Å². The van der Waals surface area contributed by atoms with Crippen LogP contribution in [0.4, 0.5) is 0 Å². The van der Waals surface area contributed by atoms with Crippen molar-refractivity contribution in [3.63, 3.8) is 0 Å². The molecule has 4 nitrogen and oxygen atoms in total. The number of hydrogen-bond donors (Lipinski definition) is 1. The number of rotatable bonds is 3. The lowest BCUT2D eigenvalue weighted by atomic mass is 9.81. The number of fused-ring (bicyclic) bond motifs is 2. The van der Waals surface area contributed by atoms with Gasteiger partial charge in [0.05, 0.1) is 5.41 Å². The molecule has 0 aromatic rings. The van der Waals surface area contributed by atoms with Crippen LogP contribution < -0.4 is 5.32 Å². The van der Waals surface area contributed by atoms with Crippen molar-refractivity contribution < 1.29 is 9.59 Å². The molecule has 2 unspecified atom stereocenters. The summed E-state index contributed by atoms with van der Waals surface area (Å²) in [5.41, 5.74) is -0.402. The van der Waals surface area contributed by atoms with Gasteiger partial charge in [0.25, 0.3) is 0 Å². The molecule has 0 aromatic heterocycles. The maximum atomic E-state index is 12.7. The van der Waals surface area contributed by atoms with Crippen LogP contribution in [0.3, 0.4) is 0 Å². The van der Waals surface area contributed by atoms with E-state index in [4.69, 9.17) is 0 Å². The Morgan fingerprint density at radius 3 is 2.21 bits per heavy atom. The van der Waals surface area contributed by atoms with Crippen molar-refractivity contribution in [1.82, 2.24) is 10.2 Å². The Balaban J connectivity index is 1.81. The predicted molar refractivity (Wildman–Crippen MR) is 72.5 cm³/mol. The molecule has 1 N–H and O–H groups in total. The number of carbonyl (C=O) groups is 2. The second kappa shape index (κ2) is 4.58. The zero-order valence-electron chi connectivity index (χ0n) is 11.9.